The number of nitrogens with one attached hydrogen (secondary N) is 7. The van der Waals surface area contributed by atoms with E-state index >= 15 is 0 Å². The summed E-state index contributed by atoms with van der Waals surface area (Å²) < 4.78 is 51.5. The molecule has 27 nitrogen and oxygen atoms in total. The topological polar surface area (TPSA) is 361 Å². The molecule has 0 spiro atoms. The highest BCUT2D eigenvalue weighted by Crippen LogP contribution is 2.30. The van der Waals surface area contributed by atoms with Crippen LogP contribution in [0.2, 0.25) is 0 Å². The number of hydrogen-bond acceptors (Lipinski definition) is 20. The molecule has 91 heavy (non-hydrogen) atoms. The molecular formula is C64H107N7O20. The molecular weight excluding hydrogens is 1190 g/mol. The van der Waals surface area contributed by atoms with Gasteiger partial charge in [0, 0.05) is 128 Å². The van der Waals surface area contributed by atoms with Crippen LogP contribution < -0.4 is 42.0 Å². The molecule has 0 radical (unpaired) electrons. The zero-order chi connectivity index (χ0) is 66.8. The molecule has 10 unspecified atom stereocenters. The van der Waals surface area contributed by atoms with Crippen LogP contribution in [-0.2, 0) is 71.5 Å². The molecule has 7 amide bonds. The zero-order valence-electron chi connectivity index (χ0n) is 54.9. The van der Waals surface area contributed by atoms with Gasteiger partial charge in [-0.1, -0.05) is 34.6 Å². The first kappa shape index (κ1) is 79.5. The molecule has 27 heteroatoms. The molecule has 2 fully saturated rings. The van der Waals surface area contributed by atoms with Crippen molar-refractivity contribution in [3.8, 4) is 5.75 Å². The normalized spacial score (nSPS) is 21.2. The minimum Gasteiger partial charge on any atom is -0.492 e. The molecule has 2 aliphatic heterocycles. The summed E-state index contributed by atoms with van der Waals surface area (Å²) in [4.78, 5) is 114. The van der Waals surface area contributed by atoms with Crippen molar-refractivity contribution in [3.63, 3.8) is 0 Å². The van der Waals surface area contributed by atoms with E-state index in [-0.39, 0.29) is 174 Å². The van der Waals surface area contributed by atoms with Gasteiger partial charge in [0.2, 0.25) is 29.5 Å². The van der Waals surface area contributed by atoms with E-state index in [1.807, 2.05) is 34.6 Å². The van der Waals surface area contributed by atoms with Gasteiger partial charge in [-0.05, 0) is 76.0 Å². The summed E-state index contributed by atoms with van der Waals surface area (Å²) >= 11 is 0. The Hall–Kier alpha value is -5.75. The second-order valence-corrected chi connectivity index (χ2v) is 22.9. The molecule has 10 atom stereocenters. The number of ether oxygens (including phenoxy) is 9. The van der Waals surface area contributed by atoms with Crippen LogP contribution in [0.3, 0.4) is 0 Å². The highest BCUT2D eigenvalue weighted by Gasteiger charge is 2.44. The van der Waals surface area contributed by atoms with Crippen LogP contribution in [0.5, 0.6) is 5.75 Å². The molecule has 1 aromatic rings. The van der Waals surface area contributed by atoms with E-state index in [9.17, 15) is 53.4 Å². The molecule has 0 aromatic heterocycles. The lowest BCUT2D eigenvalue weighted by atomic mass is 9.87. The number of benzene rings is 1. The highest BCUT2D eigenvalue weighted by molar-refractivity contribution is 6.00. The van der Waals surface area contributed by atoms with Crippen LogP contribution >= 0.6 is 0 Å². The van der Waals surface area contributed by atoms with E-state index in [0.717, 1.165) is 6.42 Å². The Morgan fingerprint density at radius 2 is 0.846 bits per heavy atom. The van der Waals surface area contributed by atoms with Crippen molar-refractivity contribution in [3.05, 3.63) is 29.3 Å². The fourth-order valence-electron chi connectivity index (χ4n) is 10.0. The average molecular weight is 1290 g/mol. The van der Waals surface area contributed by atoms with E-state index < -0.39 is 60.9 Å². The number of carbonyl (C=O) groups is 9. The summed E-state index contributed by atoms with van der Waals surface area (Å²) in [5.74, 6) is -2.98. The number of hydrogen-bond donors (Lipinski definition) is 9. The number of amides is 7. The molecule has 518 valence electrons. The maximum Gasteiger partial charge on any atom is 0.251 e. The predicted octanol–water partition coefficient (Wildman–Crippen LogP) is 2.87. The Bertz CT molecular complexity index is 2210. The van der Waals surface area contributed by atoms with E-state index in [2.05, 4.69) is 37.2 Å². The minimum absolute atomic E-state index is 0.00433. The zero-order valence-corrected chi connectivity index (χ0v) is 54.9. The van der Waals surface area contributed by atoms with Crippen molar-refractivity contribution in [1.29, 1.82) is 0 Å². The minimum atomic E-state index is -0.746. The Balaban J connectivity index is 1.41. The molecule has 0 saturated carbocycles. The number of unbranched alkanes of at least 4 members (excludes halogenated alkanes) is 2. The Morgan fingerprint density at radius 1 is 0.440 bits per heavy atom. The van der Waals surface area contributed by atoms with E-state index in [0.29, 0.717) is 97.6 Å². The van der Waals surface area contributed by atoms with Crippen molar-refractivity contribution in [2.45, 2.75) is 200 Å². The van der Waals surface area contributed by atoms with Gasteiger partial charge in [-0.25, -0.2) is 0 Å². The van der Waals surface area contributed by atoms with Crippen LogP contribution in [-0.4, -0.2) is 218 Å². The molecule has 2 aliphatic rings. The molecule has 9 N–H and O–H groups in total. The summed E-state index contributed by atoms with van der Waals surface area (Å²) in [5, 5.41) is 40.6. The maximum atomic E-state index is 13.5. The monoisotopic (exact) mass is 1290 g/mol. The number of aliphatic hydroxyl groups excluding tert-OH is 2. The maximum absolute atomic E-state index is 13.5. The lowest BCUT2D eigenvalue weighted by Crippen LogP contribution is -2.60. The largest absolute Gasteiger partial charge is 0.492 e. The molecule has 0 bridgehead atoms. The lowest BCUT2D eigenvalue weighted by Gasteiger charge is -2.43. The molecule has 3 rings (SSSR count). The van der Waals surface area contributed by atoms with Crippen LogP contribution in [0.4, 0.5) is 0 Å². The van der Waals surface area contributed by atoms with Crippen molar-refractivity contribution >= 4 is 52.9 Å². The summed E-state index contributed by atoms with van der Waals surface area (Å²) in [6, 6.07) is 3.19. The molecule has 1 aromatic carbocycles. The number of rotatable bonds is 50. The van der Waals surface area contributed by atoms with Gasteiger partial charge < -0.3 is 90.1 Å². The highest BCUT2D eigenvalue weighted by atomic mass is 16.7. The molecule has 2 saturated heterocycles. The van der Waals surface area contributed by atoms with Crippen molar-refractivity contribution in [1.82, 2.24) is 37.2 Å². The van der Waals surface area contributed by atoms with Crippen LogP contribution in [0.15, 0.2) is 18.2 Å². The van der Waals surface area contributed by atoms with E-state index in [4.69, 9.17) is 42.6 Å². The van der Waals surface area contributed by atoms with Crippen molar-refractivity contribution in [2.75, 3.05) is 105 Å². The van der Waals surface area contributed by atoms with Crippen LogP contribution in [0.1, 0.15) is 172 Å². The first-order chi connectivity index (χ1) is 43.8. The van der Waals surface area contributed by atoms with Gasteiger partial charge in [0.25, 0.3) is 11.8 Å². The summed E-state index contributed by atoms with van der Waals surface area (Å²) in [6.07, 6.45) is 2.22. The third-order valence-electron chi connectivity index (χ3n) is 15.2. The van der Waals surface area contributed by atoms with Crippen molar-refractivity contribution < 1.29 is 96.0 Å². The predicted molar refractivity (Wildman–Crippen MR) is 335 cm³/mol. The summed E-state index contributed by atoms with van der Waals surface area (Å²) in [7, 11) is 0. The summed E-state index contributed by atoms with van der Waals surface area (Å²) in [5.41, 5.74) is 0.127. The SMILES string of the molecule is CCCOCCOCCOCCOCCC(=O)NCCOc1cc(C(=O)NCCC(=O)CCCNC(=O)CCCCOC2OC(CC)C(O)C(C)C2NC(C)=O)cc(C(=O)NCCC(=O)CCCNC(=O)CCCCOC2OC(CC)C(O)C(C)C2NC(C)=O)c1. The second kappa shape index (κ2) is 47.2. The van der Waals surface area contributed by atoms with Gasteiger partial charge in [-0.15, -0.1) is 0 Å². The number of ketones is 2. The Labute approximate surface area is 536 Å². The van der Waals surface area contributed by atoms with Crippen molar-refractivity contribution in [2.24, 2.45) is 11.8 Å². The standard InChI is InChI=1S/C64H107N7O20/c1-8-29-83-34-36-85-38-39-86-37-35-84-32-23-56(78)67-28-33-87-51-41-47(61(81)68-26-21-49(74)17-15-24-65-54(76)19-11-13-30-88-63-57(70-45(6)72)43(4)59(79)52(9-2)90-63)40-48(42-51)62(82)69-27-22-50(75)18-16-25-66-55(77)20-12-14-31-89-64-58(71-46(7)73)44(5)60(80)53(10-3)91-64/h40-44,52-53,57-60,63-64,79-80H,8-39H2,1-7H3,(H,65,76)(H,66,77)(H,67,78)(H,68,81)(H,69,82)(H,70,72)(H,71,73). The Kier molecular flexibility index (Phi) is 41.2. The number of Topliss-reactive ketones (excluding diaryl/α,β-unsaturated/α-hetero) is 2. The molecule has 0 aliphatic carbocycles. The van der Waals surface area contributed by atoms with Gasteiger partial charge in [-0.3, -0.25) is 43.2 Å². The smallest absolute Gasteiger partial charge is 0.251 e. The third-order valence-corrected chi connectivity index (χ3v) is 15.2. The van der Waals surface area contributed by atoms with Gasteiger partial charge in [0.15, 0.2) is 12.6 Å². The van der Waals surface area contributed by atoms with Gasteiger partial charge in [0.05, 0.1) is 89.3 Å². The second-order valence-electron chi connectivity index (χ2n) is 22.9. The molecule has 2 heterocycles. The fraction of sp³-hybridized carbons (Fsp3) is 0.766. The Morgan fingerprint density at radius 3 is 1.26 bits per heavy atom. The number of carbonyl (C=O) groups excluding carboxylic acids is 9. The fourth-order valence-corrected chi connectivity index (χ4v) is 10.0. The quantitative estimate of drug-likeness (QED) is 0.0424. The van der Waals surface area contributed by atoms with Gasteiger partial charge in [0.1, 0.15) is 23.9 Å². The van der Waals surface area contributed by atoms with Gasteiger partial charge in [-0.2, -0.15) is 0 Å². The van der Waals surface area contributed by atoms with E-state index in [1.54, 1.807) is 0 Å². The van der Waals surface area contributed by atoms with Crippen LogP contribution in [0, 0.1) is 11.8 Å². The average Bonchev–Trinajstić information content (AvgIpc) is 0.892. The first-order valence-electron chi connectivity index (χ1n) is 32.7. The van der Waals surface area contributed by atoms with Crippen LogP contribution in [0.25, 0.3) is 0 Å². The van der Waals surface area contributed by atoms with E-state index in [1.165, 1.54) is 32.0 Å². The lowest BCUT2D eigenvalue weighted by molar-refractivity contribution is -0.251. The first-order valence-corrected chi connectivity index (χ1v) is 32.7. The third kappa shape index (κ3) is 33.6. The van der Waals surface area contributed by atoms with Gasteiger partial charge >= 0.3 is 0 Å². The summed E-state index contributed by atoms with van der Waals surface area (Å²) in [6.45, 7) is 16.9. The number of aliphatic hydroxyl groups is 2.